The molecular formula is C22H28N2O5. The zero-order valence-electron chi connectivity index (χ0n) is 17.1. The molecule has 0 bridgehead atoms. The van der Waals surface area contributed by atoms with Gasteiger partial charge in [0.05, 0.1) is 39.0 Å². The van der Waals surface area contributed by atoms with E-state index in [9.17, 15) is 9.59 Å². The molecule has 2 fully saturated rings. The predicted octanol–water partition coefficient (Wildman–Crippen LogP) is 2.60. The molecule has 2 aliphatic heterocycles. The highest BCUT2D eigenvalue weighted by molar-refractivity contribution is 6.21. The van der Waals surface area contributed by atoms with E-state index < -0.39 is 0 Å². The summed E-state index contributed by atoms with van der Waals surface area (Å²) < 4.78 is 16.2. The Kier molecular flexibility index (Phi) is 5.76. The Bertz CT molecular complexity index is 815. The zero-order chi connectivity index (χ0) is 20.4. The minimum absolute atomic E-state index is 0.0694. The average Bonchev–Trinajstić information content (AvgIpc) is 3.07. The smallest absolute Gasteiger partial charge is 0.238 e. The van der Waals surface area contributed by atoms with E-state index in [1.165, 1.54) is 17.7 Å². The molecule has 7 heteroatoms. The maximum atomic E-state index is 13.5. The average molecular weight is 400 g/mol. The molecule has 1 aromatic rings. The lowest BCUT2D eigenvalue weighted by atomic mass is 9.80. The number of morpholine rings is 1. The number of allylic oxidation sites excluding steroid dienone is 2. The van der Waals surface area contributed by atoms with E-state index in [0.29, 0.717) is 30.4 Å². The molecule has 2 amide bonds. The van der Waals surface area contributed by atoms with Crippen LogP contribution in [0.2, 0.25) is 0 Å². The van der Waals surface area contributed by atoms with Crippen LogP contribution in [0.25, 0.3) is 0 Å². The molecule has 0 aromatic heterocycles. The minimum atomic E-state index is -0.340. The van der Waals surface area contributed by atoms with Crippen molar-refractivity contribution < 1.29 is 23.8 Å². The van der Waals surface area contributed by atoms with E-state index in [1.54, 1.807) is 25.3 Å². The topological polar surface area (TPSA) is 68.3 Å². The highest BCUT2D eigenvalue weighted by Gasteiger charge is 2.46. The molecule has 2 atom stereocenters. The third-order valence-electron chi connectivity index (χ3n) is 6.12. The van der Waals surface area contributed by atoms with Crippen LogP contribution in [0.4, 0.5) is 5.69 Å². The zero-order valence-corrected chi connectivity index (χ0v) is 17.1. The van der Waals surface area contributed by atoms with E-state index >= 15 is 0 Å². The molecule has 4 rings (SSSR count). The van der Waals surface area contributed by atoms with Gasteiger partial charge in [0, 0.05) is 37.2 Å². The lowest BCUT2D eigenvalue weighted by Crippen LogP contribution is -2.41. The van der Waals surface area contributed by atoms with Crippen molar-refractivity contribution in [3.05, 3.63) is 30.0 Å². The van der Waals surface area contributed by atoms with Gasteiger partial charge < -0.3 is 19.1 Å². The second kappa shape index (κ2) is 8.45. The first-order valence-electron chi connectivity index (χ1n) is 10.3. The number of nitrogens with zero attached hydrogens (tertiary/aromatic N) is 2. The van der Waals surface area contributed by atoms with Gasteiger partial charge in [0.25, 0.3) is 0 Å². The normalized spacial score (nSPS) is 25.2. The van der Waals surface area contributed by atoms with Crippen molar-refractivity contribution in [1.29, 1.82) is 0 Å². The van der Waals surface area contributed by atoms with Gasteiger partial charge in [0.1, 0.15) is 11.5 Å². The lowest BCUT2D eigenvalue weighted by Gasteiger charge is -2.38. The van der Waals surface area contributed by atoms with Crippen molar-refractivity contribution in [2.24, 2.45) is 11.8 Å². The molecule has 0 radical (unpaired) electrons. The monoisotopic (exact) mass is 400 g/mol. The number of hydrogen-bond acceptors (Lipinski definition) is 6. The number of ether oxygens (including phenoxy) is 3. The summed E-state index contributed by atoms with van der Waals surface area (Å²) in [5, 5.41) is 0. The molecule has 0 N–H and O–H groups in total. The van der Waals surface area contributed by atoms with Crippen LogP contribution in [0.15, 0.2) is 30.0 Å². The molecule has 2 saturated heterocycles. The molecule has 2 heterocycles. The summed E-state index contributed by atoms with van der Waals surface area (Å²) in [6.45, 7) is 3.08. The van der Waals surface area contributed by atoms with Crippen LogP contribution in [0.3, 0.4) is 0 Å². The van der Waals surface area contributed by atoms with E-state index in [0.717, 1.165) is 32.4 Å². The van der Waals surface area contributed by atoms with Crippen molar-refractivity contribution in [1.82, 2.24) is 4.90 Å². The van der Waals surface area contributed by atoms with Crippen molar-refractivity contribution in [3.63, 3.8) is 0 Å². The van der Waals surface area contributed by atoms with Crippen LogP contribution < -0.4 is 14.4 Å². The van der Waals surface area contributed by atoms with Gasteiger partial charge in [-0.05, 0) is 31.4 Å². The van der Waals surface area contributed by atoms with E-state index in [2.05, 4.69) is 11.0 Å². The molecule has 29 heavy (non-hydrogen) atoms. The number of hydrogen-bond donors (Lipinski definition) is 0. The number of anilines is 1. The first-order chi connectivity index (χ1) is 14.1. The fourth-order valence-electron chi connectivity index (χ4n) is 4.67. The van der Waals surface area contributed by atoms with E-state index in [-0.39, 0.29) is 30.1 Å². The molecular weight excluding hydrogens is 372 g/mol. The third-order valence-corrected chi connectivity index (χ3v) is 6.12. The molecule has 3 aliphatic rings. The molecule has 1 aromatic carbocycles. The van der Waals surface area contributed by atoms with Gasteiger partial charge in [-0.1, -0.05) is 6.08 Å². The Hall–Kier alpha value is -2.54. The number of rotatable bonds is 5. The van der Waals surface area contributed by atoms with E-state index in [1.807, 2.05) is 0 Å². The number of benzene rings is 1. The van der Waals surface area contributed by atoms with Crippen LogP contribution in [0, 0.1) is 11.8 Å². The van der Waals surface area contributed by atoms with E-state index in [4.69, 9.17) is 14.2 Å². The molecule has 156 valence electrons. The van der Waals surface area contributed by atoms with Gasteiger partial charge >= 0.3 is 0 Å². The highest BCUT2D eigenvalue weighted by atomic mass is 16.5. The Morgan fingerprint density at radius 2 is 1.86 bits per heavy atom. The fourth-order valence-corrected chi connectivity index (χ4v) is 4.67. The first kappa shape index (κ1) is 19.8. The summed E-state index contributed by atoms with van der Waals surface area (Å²) in [6.07, 6.45) is 5.47. The number of carbonyl (C=O) groups excluding carboxylic acids is 2. The van der Waals surface area contributed by atoms with Gasteiger partial charge in [-0.25, -0.2) is 4.90 Å². The van der Waals surface area contributed by atoms with Crippen molar-refractivity contribution in [3.8, 4) is 11.5 Å². The molecule has 7 nitrogen and oxygen atoms in total. The van der Waals surface area contributed by atoms with Crippen molar-refractivity contribution in [2.45, 2.75) is 25.7 Å². The Balaban J connectivity index is 1.62. The summed E-state index contributed by atoms with van der Waals surface area (Å²) in [5.74, 6) is 0.468. The third kappa shape index (κ3) is 3.71. The molecule has 0 spiro atoms. The number of amides is 2. The lowest BCUT2D eigenvalue weighted by molar-refractivity contribution is -0.123. The van der Waals surface area contributed by atoms with Crippen LogP contribution in [0.5, 0.6) is 11.5 Å². The second-order valence-electron chi connectivity index (χ2n) is 7.68. The Morgan fingerprint density at radius 1 is 1.07 bits per heavy atom. The van der Waals surface area contributed by atoms with Gasteiger partial charge in [-0.2, -0.15) is 0 Å². The standard InChI is InChI=1S/C22H28N2O5/c1-27-15-7-8-20(28-2)19(13-15)24-21(25)14-17(22(24)26)16-5-3-4-6-18(16)23-9-11-29-12-10-23/h6-8,13,16-17H,3-5,9-12,14H2,1-2H3. The number of imide groups is 1. The Morgan fingerprint density at radius 3 is 2.59 bits per heavy atom. The summed E-state index contributed by atoms with van der Waals surface area (Å²) in [4.78, 5) is 30.0. The Labute approximate surface area is 171 Å². The summed E-state index contributed by atoms with van der Waals surface area (Å²) in [5.41, 5.74) is 1.67. The van der Waals surface area contributed by atoms with Gasteiger partial charge in [-0.3, -0.25) is 9.59 Å². The quantitative estimate of drug-likeness (QED) is 0.708. The summed E-state index contributed by atoms with van der Waals surface area (Å²) in [6, 6.07) is 5.17. The molecule has 0 saturated carbocycles. The largest absolute Gasteiger partial charge is 0.497 e. The molecule has 2 unspecified atom stereocenters. The van der Waals surface area contributed by atoms with Crippen molar-refractivity contribution >= 4 is 17.5 Å². The predicted molar refractivity (Wildman–Crippen MR) is 108 cm³/mol. The van der Waals surface area contributed by atoms with Crippen LogP contribution in [-0.2, 0) is 14.3 Å². The SMILES string of the molecule is COc1ccc(OC)c(N2C(=O)CC(C3CCCC=C3N3CCOCC3)C2=O)c1. The first-order valence-corrected chi connectivity index (χ1v) is 10.3. The van der Waals surface area contributed by atoms with Gasteiger partial charge in [-0.15, -0.1) is 0 Å². The second-order valence-corrected chi connectivity index (χ2v) is 7.68. The van der Waals surface area contributed by atoms with Gasteiger partial charge in [0.2, 0.25) is 11.8 Å². The van der Waals surface area contributed by atoms with Gasteiger partial charge in [0.15, 0.2) is 0 Å². The summed E-state index contributed by atoms with van der Waals surface area (Å²) in [7, 11) is 3.09. The number of methoxy groups -OCH3 is 2. The van der Waals surface area contributed by atoms with Crippen LogP contribution in [-0.4, -0.2) is 57.2 Å². The summed E-state index contributed by atoms with van der Waals surface area (Å²) >= 11 is 0. The maximum absolute atomic E-state index is 13.5. The number of carbonyl (C=O) groups is 2. The molecule has 1 aliphatic carbocycles. The highest BCUT2D eigenvalue weighted by Crippen LogP contribution is 2.43. The maximum Gasteiger partial charge on any atom is 0.238 e. The minimum Gasteiger partial charge on any atom is -0.497 e. The van der Waals surface area contributed by atoms with Crippen LogP contribution >= 0.6 is 0 Å². The fraction of sp³-hybridized carbons (Fsp3) is 0.545. The van der Waals surface area contributed by atoms with Crippen LogP contribution in [0.1, 0.15) is 25.7 Å². The van der Waals surface area contributed by atoms with Crippen molar-refractivity contribution in [2.75, 3.05) is 45.4 Å².